The molecule has 0 aliphatic rings. The lowest BCUT2D eigenvalue weighted by atomic mass is 10.2. The van der Waals surface area contributed by atoms with Gasteiger partial charge in [0.25, 0.3) is 0 Å². The molecule has 0 unspecified atom stereocenters. The highest BCUT2D eigenvalue weighted by atomic mass is 16.5. The highest BCUT2D eigenvalue weighted by Crippen LogP contribution is 2.29. The molecule has 0 fully saturated rings. The molecule has 1 amide bonds. The molecular weight excluding hydrogens is 364 g/mol. The van der Waals surface area contributed by atoms with Crippen LogP contribution >= 0.6 is 0 Å². The summed E-state index contributed by atoms with van der Waals surface area (Å²) >= 11 is 0. The van der Waals surface area contributed by atoms with Gasteiger partial charge in [0.1, 0.15) is 6.61 Å². The van der Waals surface area contributed by atoms with E-state index in [1.54, 1.807) is 0 Å². The summed E-state index contributed by atoms with van der Waals surface area (Å²) < 4.78 is 11.7. The van der Waals surface area contributed by atoms with Crippen LogP contribution in [0.3, 0.4) is 0 Å². The van der Waals surface area contributed by atoms with Crippen LogP contribution in [-0.4, -0.2) is 12.5 Å². The Balaban J connectivity index is 1.62. The number of hydrogen-bond acceptors (Lipinski definition) is 4. The molecule has 2 N–H and O–H groups in total. The van der Waals surface area contributed by atoms with Crippen molar-refractivity contribution in [2.24, 2.45) is 0 Å². The van der Waals surface area contributed by atoms with Gasteiger partial charge >= 0.3 is 0 Å². The van der Waals surface area contributed by atoms with Crippen LogP contribution in [-0.2, 0) is 17.9 Å². The van der Waals surface area contributed by atoms with Crippen molar-refractivity contribution in [2.45, 2.75) is 27.0 Å². The SMILES string of the molecule is CCOc1cc(CNc2ccc(NC(C)=O)cc2)ccc1OCc1ccccc1. The van der Waals surface area contributed by atoms with Gasteiger partial charge in [-0.1, -0.05) is 36.4 Å². The number of amides is 1. The third-order valence-electron chi connectivity index (χ3n) is 4.25. The largest absolute Gasteiger partial charge is 0.490 e. The molecule has 0 aliphatic carbocycles. The van der Waals surface area contributed by atoms with E-state index >= 15 is 0 Å². The molecule has 0 atom stereocenters. The number of hydrogen-bond donors (Lipinski definition) is 2. The molecule has 0 heterocycles. The van der Waals surface area contributed by atoms with Gasteiger partial charge in [-0.05, 0) is 54.4 Å². The Bertz CT molecular complexity index is 925. The second-order valence-electron chi connectivity index (χ2n) is 6.60. The van der Waals surface area contributed by atoms with Crippen LogP contribution in [0.4, 0.5) is 11.4 Å². The van der Waals surface area contributed by atoms with E-state index in [1.165, 1.54) is 6.92 Å². The van der Waals surface area contributed by atoms with Gasteiger partial charge in [-0.2, -0.15) is 0 Å². The van der Waals surface area contributed by atoms with Gasteiger partial charge < -0.3 is 20.1 Å². The Morgan fingerprint density at radius 2 is 1.55 bits per heavy atom. The highest BCUT2D eigenvalue weighted by Gasteiger charge is 2.07. The van der Waals surface area contributed by atoms with E-state index in [1.807, 2.05) is 79.7 Å². The van der Waals surface area contributed by atoms with Crippen molar-refractivity contribution < 1.29 is 14.3 Å². The number of benzene rings is 3. The van der Waals surface area contributed by atoms with Crippen LogP contribution in [0.5, 0.6) is 11.5 Å². The summed E-state index contributed by atoms with van der Waals surface area (Å²) in [6.45, 7) is 5.18. The zero-order chi connectivity index (χ0) is 20.5. The number of nitrogens with one attached hydrogen (secondary N) is 2. The maximum Gasteiger partial charge on any atom is 0.221 e. The molecule has 3 aromatic rings. The van der Waals surface area contributed by atoms with Crippen molar-refractivity contribution >= 4 is 17.3 Å². The average molecular weight is 390 g/mol. The molecule has 0 aromatic heterocycles. The number of carbonyl (C=O) groups is 1. The van der Waals surface area contributed by atoms with Crippen molar-refractivity contribution in [3.63, 3.8) is 0 Å². The fourth-order valence-corrected chi connectivity index (χ4v) is 2.86. The molecule has 3 rings (SSSR count). The van der Waals surface area contributed by atoms with E-state index in [0.29, 0.717) is 19.8 Å². The highest BCUT2D eigenvalue weighted by molar-refractivity contribution is 5.88. The second-order valence-corrected chi connectivity index (χ2v) is 6.60. The molecule has 0 saturated heterocycles. The van der Waals surface area contributed by atoms with E-state index in [2.05, 4.69) is 10.6 Å². The van der Waals surface area contributed by atoms with Gasteiger partial charge in [0.05, 0.1) is 6.61 Å². The van der Waals surface area contributed by atoms with Gasteiger partial charge in [0, 0.05) is 24.8 Å². The van der Waals surface area contributed by atoms with Crippen molar-refractivity contribution in [3.8, 4) is 11.5 Å². The molecule has 5 heteroatoms. The minimum absolute atomic E-state index is 0.0799. The summed E-state index contributed by atoms with van der Waals surface area (Å²) in [4.78, 5) is 11.1. The van der Waals surface area contributed by atoms with E-state index in [0.717, 1.165) is 34.0 Å². The third-order valence-corrected chi connectivity index (χ3v) is 4.25. The first kappa shape index (κ1) is 20.3. The van der Waals surface area contributed by atoms with Crippen LogP contribution < -0.4 is 20.1 Å². The Morgan fingerprint density at radius 3 is 2.24 bits per heavy atom. The van der Waals surface area contributed by atoms with Crippen molar-refractivity contribution in [3.05, 3.63) is 83.9 Å². The topological polar surface area (TPSA) is 59.6 Å². The molecule has 150 valence electrons. The lowest BCUT2D eigenvalue weighted by Crippen LogP contribution is -2.06. The number of rotatable bonds is 9. The summed E-state index contributed by atoms with van der Waals surface area (Å²) in [6.07, 6.45) is 0. The van der Waals surface area contributed by atoms with Crippen LogP contribution in [0, 0.1) is 0 Å². The number of ether oxygens (including phenoxy) is 2. The first-order chi connectivity index (χ1) is 14.1. The summed E-state index contributed by atoms with van der Waals surface area (Å²) in [5.74, 6) is 1.39. The summed E-state index contributed by atoms with van der Waals surface area (Å²) in [6, 6.07) is 23.7. The lowest BCUT2D eigenvalue weighted by Gasteiger charge is -2.14. The maximum absolute atomic E-state index is 11.1. The fraction of sp³-hybridized carbons (Fsp3) is 0.208. The Hall–Kier alpha value is -3.47. The summed E-state index contributed by atoms with van der Waals surface area (Å²) in [7, 11) is 0. The van der Waals surface area contributed by atoms with Gasteiger partial charge in [0.2, 0.25) is 5.91 Å². The zero-order valence-electron chi connectivity index (χ0n) is 16.8. The molecule has 29 heavy (non-hydrogen) atoms. The second kappa shape index (κ2) is 10.2. The Labute approximate surface area is 171 Å². The van der Waals surface area contributed by atoms with Crippen molar-refractivity contribution in [1.29, 1.82) is 0 Å². The molecule has 0 bridgehead atoms. The van der Waals surface area contributed by atoms with Crippen LogP contribution in [0.15, 0.2) is 72.8 Å². The normalized spacial score (nSPS) is 10.3. The molecule has 3 aromatic carbocycles. The van der Waals surface area contributed by atoms with Gasteiger partial charge in [0.15, 0.2) is 11.5 Å². The predicted molar refractivity (Wildman–Crippen MR) is 116 cm³/mol. The van der Waals surface area contributed by atoms with Crippen LogP contribution in [0.2, 0.25) is 0 Å². The average Bonchev–Trinajstić information content (AvgIpc) is 2.73. The molecule has 5 nitrogen and oxygen atoms in total. The molecule has 0 radical (unpaired) electrons. The quantitative estimate of drug-likeness (QED) is 0.525. The van der Waals surface area contributed by atoms with Gasteiger partial charge in [-0.25, -0.2) is 0 Å². The lowest BCUT2D eigenvalue weighted by molar-refractivity contribution is -0.114. The van der Waals surface area contributed by atoms with Crippen molar-refractivity contribution in [2.75, 3.05) is 17.2 Å². The van der Waals surface area contributed by atoms with E-state index in [-0.39, 0.29) is 5.91 Å². The molecule has 0 aliphatic heterocycles. The van der Waals surface area contributed by atoms with Crippen LogP contribution in [0.1, 0.15) is 25.0 Å². The Morgan fingerprint density at radius 1 is 0.828 bits per heavy atom. The minimum Gasteiger partial charge on any atom is -0.490 e. The Kier molecular flexibility index (Phi) is 7.11. The van der Waals surface area contributed by atoms with E-state index in [9.17, 15) is 4.79 Å². The number of carbonyl (C=O) groups excluding carboxylic acids is 1. The minimum atomic E-state index is -0.0799. The van der Waals surface area contributed by atoms with Gasteiger partial charge in [-0.3, -0.25) is 4.79 Å². The van der Waals surface area contributed by atoms with Gasteiger partial charge in [-0.15, -0.1) is 0 Å². The monoisotopic (exact) mass is 390 g/mol. The smallest absolute Gasteiger partial charge is 0.221 e. The van der Waals surface area contributed by atoms with E-state index in [4.69, 9.17) is 9.47 Å². The third kappa shape index (κ3) is 6.28. The fourth-order valence-electron chi connectivity index (χ4n) is 2.86. The first-order valence-electron chi connectivity index (χ1n) is 9.68. The molecular formula is C24H26N2O3. The standard InChI is InChI=1S/C24H26N2O3/c1-3-28-24-15-20(9-14-23(24)29-17-19-7-5-4-6-8-19)16-25-21-10-12-22(13-11-21)26-18(2)27/h4-15,25H,3,16-17H2,1-2H3,(H,26,27). The first-order valence-corrected chi connectivity index (χ1v) is 9.68. The zero-order valence-corrected chi connectivity index (χ0v) is 16.8. The van der Waals surface area contributed by atoms with Crippen molar-refractivity contribution in [1.82, 2.24) is 0 Å². The van der Waals surface area contributed by atoms with Crippen LogP contribution in [0.25, 0.3) is 0 Å². The predicted octanol–water partition coefficient (Wildman–Crippen LogP) is 5.23. The maximum atomic E-state index is 11.1. The summed E-state index contributed by atoms with van der Waals surface area (Å²) in [5, 5.41) is 6.14. The van der Waals surface area contributed by atoms with E-state index < -0.39 is 0 Å². The molecule has 0 saturated carbocycles. The summed E-state index contributed by atoms with van der Waals surface area (Å²) in [5.41, 5.74) is 3.96. The molecule has 0 spiro atoms. The number of anilines is 2.